The van der Waals surface area contributed by atoms with E-state index in [0.29, 0.717) is 18.5 Å². The van der Waals surface area contributed by atoms with Gasteiger partial charge < -0.3 is 15.7 Å². The van der Waals surface area contributed by atoms with Crippen molar-refractivity contribution >= 4 is 34.3 Å². The van der Waals surface area contributed by atoms with E-state index < -0.39 is 11.9 Å². The first-order chi connectivity index (χ1) is 17.6. The summed E-state index contributed by atoms with van der Waals surface area (Å²) in [6.07, 6.45) is 8.55. The number of anilines is 1. The van der Waals surface area contributed by atoms with Crippen LogP contribution in [0.3, 0.4) is 0 Å². The Morgan fingerprint density at radius 3 is 2.51 bits per heavy atom. The van der Waals surface area contributed by atoms with Crippen molar-refractivity contribution in [3.8, 4) is 0 Å². The van der Waals surface area contributed by atoms with Crippen LogP contribution in [0.1, 0.15) is 50.1 Å². The maximum Gasteiger partial charge on any atom is 0.374 e. The second-order valence-electron chi connectivity index (χ2n) is 8.54. The number of carboxylic acid groups (broad SMARTS) is 1. The van der Waals surface area contributed by atoms with Gasteiger partial charge in [0.2, 0.25) is 16.9 Å². The molecule has 0 unspecified atom stereocenters. The minimum absolute atomic E-state index is 0.00506. The predicted molar refractivity (Wildman–Crippen MR) is 138 cm³/mol. The van der Waals surface area contributed by atoms with Gasteiger partial charge in [-0.1, -0.05) is 61.1 Å². The molecule has 1 aliphatic rings. The molecule has 1 aromatic carbocycles. The van der Waals surface area contributed by atoms with Crippen molar-refractivity contribution in [1.29, 1.82) is 0 Å². The topological polar surface area (TPSA) is 133 Å². The summed E-state index contributed by atoms with van der Waals surface area (Å²) in [6, 6.07) is 9.74. The molecule has 2 heterocycles. The van der Waals surface area contributed by atoms with Crippen molar-refractivity contribution in [2.24, 2.45) is 0 Å². The molecule has 202 valence electrons. The number of carbonyl (C=O) groups is 3. The van der Waals surface area contributed by atoms with E-state index in [0.717, 1.165) is 43.7 Å². The molecule has 1 aromatic heterocycles. The summed E-state index contributed by atoms with van der Waals surface area (Å²) in [5.74, 6) is -5.95. The molecule has 4 N–H and O–H groups in total. The molecule has 2 amide bonds. The smallest absolute Gasteiger partial charge is 0.374 e. The molecule has 2 aromatic rings. The van der Waals surface area contributed by atoms with Crippen LogP contribution in [0.25, 0.3) is 0 Å². The number of carboxylic acids is 1. The van der Waals surface area contributed by atoms with E-state index in [-0.39, 0.29) is 23.9 Å². The third-order valence-electron chi connectivity index (χ3n) is 5.40. The standard InChI is InChI=1S/C22H29N5O2S.C3H4F2O2/c1-2-20-26-27-22(30-20)25-19(28)14-13-17(12-11-16-8-4-3-5-9-16)24-21(29)18-10-6-7-15-23-18;1-3(4,5)2(6)7/h3-5,8-9,13-14,17-18,23H,2,6-7,10-12,15H2,1H3,(H,24,29)(H,25,27,28);1H3,(H,6,7)/b14-13+;/t17-,18-;/m0./s1. The van der Waals surface area contributed by atoms with Crippen LogP contribution in [0.15, 0.2) is 42.5 Å². The highest BCUT2D eigenvalue weighted by Crippen LogP contribution is 2.15. The van der Waals surface area contributed by atoms with Crippen LogP contribution in [0.4, 0.5) is 13.9 Å². The zero-order valence-electron chi connectivity index (χ0n) is 20.9. The number of hydrogen-bond donors (Lipinski definition) is 4. The third kappa shape index (κ3) is 11.6. The molecule has 0 radical (unpaired) electrons. The largest absolute Gasteiger partial charge is 0.477 e. The quantitative estimate of drug-likeness (QED) is 0.341. The van der Waals surface area contributed by atoms with Gasteiger partial charge in [-0.25, -0.2) is 4.79 Å². The maximum atomic E-state index is 12.7. The number of carbonyl (C=O) groups excluding carboxylic acids is 2. The Hall–Kier alpha value is -3.25. The summed E-state index contributed by atoms with van der Waals surface area (Å²) in [7, 11) is 0. The molecule has 1 fully saturated rings. The van der Waals surface area contributed by atoms with Crippen LogP contribution in [0.2, 0.25) is 0 Å². The summed E-state index contributed by atoms with van der Waals surface area (Å²) >= 11 is 1.37. The maximum absolute atomic E-state index is 12.7. The number of aromatic nitrogens is 2. The monoisotopic (exact) mass is 537 g/mol. The van der Waals surface area contributed by atoms with Crippen molar-refractivity contribution in [3.63, 3.8) is 0 Å². The van der Waals surface area contributed by atoms with Crippen LogP contribution in [-0.2, 0) is 27.2 Å². The summed E-state index contributed by atoms with van der Waals surface area (Å²) in [5, 5.41) is 25.9. The van der Waals surface area contributed by atoms with Gasteiger partial charge in [0.05, 0.1) is 6.04 Å². The number of alkyl halides is 2. The second-order valence-corrected chi connectivity index (χ2v) is 9.60. The fraction of sp³-hybridized carbons (Fsp3) is 0.480. The first-order valence-corrected chi connectivity index (χ1v) is 12.9. The van der Waals surface area contributed by atoms with Crippen molar-refractivity contribution in [1.82, 2.24) is 20.8 Å². The molecule has 0 saturated carbocycles. The van der Waals surface area contributed by atoms with Crippen molar-refractivity contribution < 1.29 is 28.3 Å². The van der Waals surface area contributed by atoms with Gasteiger partial charge >= 0.3 is 11.9 Å². The molecule has 12 heteroatoms. The Labute approximate surface area is 218 Å². The summed E-state index contributed by atoms with van der Waals surface area (Å²) < 4.78 is 22.5. The minimum Gasteiger partial charge on any atom is -0.477 e. The van der Waals surface area contributed by atoms with Gasteiger partial charge in [0.1, 0.15) is 5.01 Å². The SMILES string of the molecule is CC(F)(F)C(=O)O.CCc1nnc(NC(=O)/C=C/[C@H](CCc2ccccc2)NC(=O)[C@@H]2CCCCN2)s1. The Kier molecular flexibility index (Phi) is 12.2. The number of amides is 2. The van der Waals surface area contributed by atoms with Crippen LogP contribution in [0, 0.1) is 0 Å². The molecule has 3 rings (SSSR count). The van der Waals surface area contributed by atoms with Crippen molar-refractivity contribution in [3.05, 3.63) is 53.1 Å². The molecule has 1 aliphatic heterocycles. The molecule has 0 bridgehead atoms. The number of hydrogen-bond acceptors (Lipinski definition) is 7. The molecular formula is C25H33F2N5O4S. The molecule has 0 aliphatic carbocycles. The highest BCUT2D eigenvalue weighted by atomic mass is 32.1. The van der Waals surface area contributed by atoms with E-state index in [1.165, 1.54) is 23.0 Å². The van der Waals surface area contributed by atoms with Gasteiger partial charge in [-0.3, -0.25) is 14.9 Å². The molecule has 37 heavy (non-hydrogen) atoms. The highest BCUT2D eigenvalue weighted by molar-refractivity contribution is 7.15. The van der Waals surface area contributed by atoms with Crippen molar-refractivity contribution in [2.45, 2.75) is 70.4 Å². The van der Waals surface area contributed by atoms with Crippen LogP contribution in [0.5, 0.6) is 0 Å². The number of halogens is 2. The predicted octanol–water partition coefficient (Wildman–Crippen LogP) is 3.58. The molecule has 2 atom stereocenters. The second kappa shape index (κ2) is 15.1. The Morgan fingerprint density at radius 2 is 1.95 bits per heavy atom. The van der Waals surface area contributed by atoms with Gasteiger partial charge in [0, 0.05) is 19.0 Å². The summed E-state index contributed by atoms with van der Waals surface area (Å²) in [5.41, 5.74) is 1.20. The van der Waals surface area contributed by atoms with Crippen molar-refractivity contribution in [2.75, 3.05) is 11.9 Å². The lowest BCUT2D eigenvalue weighted by Crippen LogP contribution is -2.49. The van der Waals surface area contributed by atoms with E-state index in [1.54, 1.807) is 6.08 Å². The normalized spacial score (nSPS) is 16.4. The number of rotatable bonds is 10. The zero-order valence-corrected chi connectivity index (χ0v) is 21.7. The number of benzene rings is 1. The lowest BCUT2D eigenvalue weighted by molar-refractivity contribution is -0.161. The summed E-state index contributed by atoms with van der Waals surface area (Å²) in [6.45, 7) is 3.19. The first-order valence-electron chi connectivity index (χ1n) is 12.1. The lowest BCUT2D eigenvalue weighted by atomic mass is 10.0. The van der Waals surface area contributed by atoms with Crippen LogP contribution >= 0.6 is 11.3 Å². The number of aryl methyl sites for hydroxylation is 2. The third-order valence-corrected chi connectivity index (χ3v) is 6.38. The average Bonchev–Trinajstić information content (AvgIpc) is 3.34. The molecule has 0 spiro atoms. The van der Waals surface area contributed by atoms with Gasteiger partial charge in [0.15, 0.2) is 0 Å². The highest BCUT2D eigenvalue weighted by Gasteiger charge is 2.31. The Bertz CT molecular complexity index is 1040. The first kappa shape index (κ1) is 30.0. The van der Waals surface area contributed by atoms with Gasteiger partial charge in [0.25, 0.3) is 0 Å². The van der Waals surface area contributed by atoms with E-state index in [4.69, 9.17) is 5.11 Å². The van der Waals surface area contributed by atoms with E-state index in [9.17, 15) is 23.2 Å². The van der Waals surface area contributed by atoms with Crippen LogP contribution < -0.4 is 16.0 Å². The lowest BCUT2D eigenvalue weighted by Gasteiger charge is -2.25. The van der Waals surface area contributed by atoms with Gasteiger partial charge in [-0.15, -0.1) is 10.2 Å². The Balaban J connectivity index is 0.000000604. The molecule has 1 saturated heterocycles. The van der Waals surface area contributed by atoms with E-state index >= 15 is 0 Å². The van der Waals surface area contributed by atoms with Gasteiger partial charge in [-0.2, -0.15) is 8.78 Å². The van der Waals surface area contributed by atoms with E-state index in [2.05, 4.69) is 38.3 Å². The number of aliphatic carboxylic acids is 1. The fourth-order valence-electron chi connectivity index (χ4n) is 3.34. The van der Waals surface area contributed by atoms with Crippen LogP contribution in [-0.4, -0.2) is 57.6 Å². The number of nitrogens with one attached hydrogen (secondary N) is 3. The fourth-order valence-corrected chi connectivity index (χ4v) is 4.02. The van der Waals surface area contributed by atoms with Gasteiger partial charge in [-0.05, 0) is 44.2 Å². The number of piperidine rings is 1. The number of nitrogens with zero attached hydrogens (tertiary/aromatic N) is 2. The Morgan fingerprint density at radius 1 is 1.24 bits per heavy atom. The minimum atomic E-state index is -3.58. The van der Waals surface area contributed by atoms with E-state index in [1.807, 2.05) is 25.1 Å². The summed E-state index contributed by atoms with van der Waals surface area (Å²) in [4.78, 5) is 34.2. The molecule has 9 nitrogen and oxygen atoms in total. The molecular weight excluding hydrogens is 504 g/mol. The average molecular weight is 538 g/mol. The zero-order chi connectivity index (χ0) is 27.3.